The predicted octanol–water partition coefficient (Wildman–Crippen LogP) is 2.64. The zero-order valence-corrected chi connectivity index (χ0v) is 11.6. The van der Waals surface area contributed by atoms with E-state index < -0.39 is 0 Å². The molecule has 0 aliphatic heterocycles. The van der Waals surface area contributed by atoms with Gasteiger partial charge >= 0.3 is 0 Å². The van der Waals surface area contributed by atoms with Gasteiger partial charge in [-0.15, -0.1) is 0 Å². The van der Waals surface area contributed by atoms with Crippen LogP contribution in [0.15, 0.2) is 36.7 Å². The van der Waals surface area contributed by atoms with Crippen molar-refractivity contribution in [3.05, 3.63) is 53.6 Å². The van der Waals surface area contributed by atoms with Crippen LogP contribution in [0.1, 0.15) is 29.9 Å². The van der Waals surface area contributed by atoms with Crippen LogP contribution in [0.4, 0.5) is 0 Å². The highest BCUT2D eigenvalue weighted by Crippen LogP contribution is 2.18. The first-order valence-electron chi connectivity index (χ1n) is 6.34. The van der Waals surface area contributed by atoms with Crippen molar-refractivity contribution in [1.29, 1.82) is 0 Å². The fourth-order valence-electron chi connectivity index (χ4n) is 1.80. The van der Waals surface area contributed by atoms with Crippen LogP contribution in [0, 0.1) is 6.92 Å². The molecule has 0 fully saturated rings. The van der Waals surface area contributed by atoms with E-state index in [1.165, 1.54) is 5.56 Å². The van der Waals surface area contributed by atoms with Crippen LogP contribution in [0.2, 0.25) is 0 Å². The minimum absolute atomic E-state index is 0.234. The summed E-state index contributed by atoms with van der Waals surface area (Å²) in [6.45, 7) is 4.76. The van der Waals surface area contributed by atoms with Gasteiger partial charge < -0.3 is 10.1 Å². The minimum atomic E-state index is 0.234. The average molecular weight is 257 g/mol. The highest BCUT2D eigenvalue weighted by atomic mass is 16.5. The van der Waals surface area contributed by atoms with Crippen LogP contribution < -0.4 is 10.1 Å². The second kappa shape index (κ2) is 6.29. The Morgan fingerprint density at radius 2 is 2.11 bits per heavy atom. The number of methoxy groups -OCH3 is 1. The zero-order chi connectivity index (χ0) is 13.7. The Morgan fingerprint density at radius 3 is 2.79 bits per heavy atom. The SMILES string of the molecule is COc1cccc(C(C)NCc2cnc(C)cn2)c1. The Morgan fingerprint density at radius 1 is 1.26 bits per heavy atom. The second-order valence-corrected chi connectivity index (χ2v) is 4.53. The van der Waals surface area contributed by atoms with Crippen molar-refractivity contribution < 1.29 is 4.74 Å². The van der Waals surface area contributed by atoms with Gasteiger partial charge in [0.15, 0.2) is 0 Å². The standard InChI is InChI=1S/C15H19N3O/c1-11-8-18-14(9-16-11)10-17-12(2)13-5-4-6-15(7-13)19-3/h4-9,12,17H,10H2,1-3H3. The molecule has 0 spiro atoms. The smallest absolute Gasteiger partial charge is 0.119 e. The summed E-state index contributed by atoms with van der Waals surface area (Å²) in [6.07, 6.45) is 3.59. The van der Waals surface area contributed by atoms with Gasteiger partial charge in [-0.2, -0.15) is 0 Å². The van der Waals surface area contributed by atoms with Gasteiger partial charge in [-0.3, -0.25) is 9.97 Å². The lowest BCUT2D eigenvalue weighted by Crippen LogP contribution is -2.19. The lowest BCUT2D eigenvalue weighted by molar-refractivity contribution is 0.413. The van der Waals surface area contributed by atoms with Crippen LogP contribution in [0.5, 0.6) is 5.75 Å². The van der Waals surface area contributed by atoms with E-state index in [0.717, 1.165) is 17.1 Å². The number of hydrogen-bond acceptors (Lipinski definition) is 4. The molecule has 2 rings (SSSR count). The Kier molecular flexibility index (Phi) is 4.47. The molecule has 0 aliphatic rings. The van der Waals surface area contributed by atoms with Gasteiger partial charge in [-0.05, 0) is 31.5 Å². The molecule has 19 heavy (non-hydrogen) atoms. The molecule has 100 valence electrons. The first-order chi connectivity index (χ1) is 9.19. The first-order valence-corrected chi connectivity index (χ1v) is 6.34. The third-order valence-corrected chi connectivity index (χ3v) is 3.02. The van der Waals surface area contributed by atoms with Gasteiger partial charge in [0, 0.05) is 25.0 Å². The predicted molar refractivity (Wildman–Crippen MR) is 75.0 cm³/mol. The maximum atomic E-state index is 5.23. The molecule has 1 heterocycles. The van der Waals surface area contributed by atoms with Gasteiger partial charge in [0.25, 0.3) is 0 Å². The summed E-state index contributed by atoms with van der Waals surface area (Å²) in [4.78, 5) is 8.56. The first kappa shape index (κ1) is 13.5. The molecule has 0 bridgehead atoms. The van der Waals surface area contributed by atoms with E-state index in [1.54, 1.807) is 19.5 Å². The van der Waals surface area contributed by atoms with Crippen LogP contribution in [0.3, 0.4) is 0 Å². The molecular weight excluding hydrogens is 238 g/mol. The Hall–Kier alpha value is -1.94. The monoisotopic (exact) mass is 257 g/mol. The third-order valence-electron chi connectivity index (χ3n) is 3.02. The summed E-state index contributed by atoms with van der Waals surface area (Å²) < 4.78 is 5.23. The van der Waals surface area contributed by atoms with Gasteiger partial charge in [-0.1, -0.05) is 12.1 Å². The van der Waals surface area contributed by atoms with Gasteiger partial charge in [-0.25, -0.2) is 0 Å². The highest BCUT2D eigenvalue weighted by molar-refractivity contribution is 5.30. The molecule has 0 aliphatic carbocycles. The fraction of sp³-hybridized carbons (Fsp3) is 0.333. The van der Waals surface area contributed by atoms with Crippen molar-refractivity contribution in [1.82, 2.24) is 15.3 Å². The van der Waals surface area contributed by atoms with Crippen molar-refractivity contribution in [2.45, 2.75) is 26.4 Å². The summed E-state index contributed by atoms with van der Waals surface area (Å²) in [6, 6.07) is 8.30. The number of ether oxygens (including phenoxy) is 1. The van der Waals surface area contributed by atoms with E-state index in [1.807, 2.05) is 25.1 Å². The maximum absolute atomic E-state index is 5.23. The summed E-state index contributed by atoms with van der Waals surface area (Å²) in [5.41, 5.74) is 3.07. The molecule has 0 amide bonds. The minimum Gasteiger partial charge on any atom is -0.497 e. The van der Waals surface area contributed by atoms with E-state index in [0.29, 0.717) is 6.54 Å². The molecule has 2 aromatic rings. The highest BCUT2D eigenvalue weighted by Gasteiger charge is 2.06. The normalized spacial score (nSPS) is 12.2. The van der Waals surface area contributed by atoms with Gasteiger partial charge in [0.1, 0.15) is 5.75 Å². The van der Waals surface area contributed by atoms with Crippen LogP contribution in [-0.2, 0) is 6.54 Å². The molecule has 1 N–H and O–H groups in total. The molecule has 1 aromatic heterocycles. The number of aromatic nitrogens is 2. The van der Waals surface area contributed by atoms with E-state index in [9.17, 15) is 0 Å². The largest absolute Gasteiger partial charge is 0.497 e. The number of rotatable bonds is 5. The number of benzene rings is 1. The molecule has 1 unspecified atom stereocenters. The van der Waals surface area contributed by atoms with Crippen molar-refractivity contribution in [3.63, 3.8) is 0 Å². The summed E-state index contributed by atoms with van der Waals surface area (Å²) in [5, 5.41) is 3.43. The number of nitrogens with one attached hydrogen (secondary N) is 1. The molecule has 4 nitrogen and oxygen atoms in total. The van der Waals surface area contributed by atoms with Gasteiger partial charge in [0.05, 0.1) is 18.5 Å². The molecule has 0 saturated carbocycles. The van der Waals surface area contributed by atoms with E-state index in [4.69, 9.17) is 4.74 Å². The third kappa shape index (κ3) is 3.76. The molecule has 4 heteroatoms. The van der Waals surface area contributed by atoms with E-state index in [-0.39, 0.29) is 6.04 Å². The van der Waals surface area contributed by atoms with Crippen molar-refractivity contribution >= 4 is 0 Å². The van der Waals surface area contributed by atoms with E-state index in [2.05, 4.69) is 28.3 Å². The fourth-order valence-corrected chi connectivity index (χ4v) is 1.80. The Bertz CT molecular complexity index is 525. The molecule has 1 aromatic carbocycles. The van der Waals surface area contributed by atoms with Crippen molar-refractivity contribution in [2.75, 3.05) is 7.11 Å². The maximum Gasteiger partial charge on any atom is 0.119 e. The van der Waals surface area contributed by atoms with Crippen LogP contribution in [-0.4, -0.2) is 17.1 Å². The Balaban J connectivity index is 1.96. The zero-order valence-electron chi connectivity index (χ0n) is 11.6. The summed E-state index contributed by atoms with van der Waals surface area (Å²) >= 11 is 0. The number of aryl methyl sites for hydroxylation is 1. The average Bonchev–Trinajstić information content (AvgIpc) is 2.46. The second-order valence-electron chi connectivity index (χ2n) is 4.53. The summed E-state index contributed by atoms with van der Waals surface area (Å²) in [7, 11) is 1.68. The lowest BCUT2D eigenvalue weighted by Gasteiger charge is -2.14. The van der Waals surface area contributed by atoms with Crippen molar-refractivity contribution in [3.8, 4) is 5.75 Å². The molecule has 0 saturated heterocycles. The summed E-state index contributed by atoms with van der Waals surface area (Å²) in [5.74, 6) is 0.876. The van der Waals surface area contributed by atoms with Gasteiger partial charge in [0.2, 0.25) is 0 Å². The molecular formula is C15H19N3O. The Labute approximate surface area is 113 Å². The van der Waals surface area contributed by atoms with Crippen molar-refractivity contribution in [2.24, 2.45) is 0 Å². The van der Waals surface area contributed by atoms with E-state index >= 15 is 0 Å². The number of nitrogens with zero attached hydrogens (tertiary/aromatic N) is 2. The molecule has 0 radical (unpaired) electrons. The number of hydrogen-bond donors (Lipinski definition) is 1. The van der Waals surface area contributed by atoms with Crippen LogP contribution in [0.25, 0.3) is 0 Å². The molecule has 1 atom stereocenters. The quantitative estimate of drug-likeness (QED) is 0.894. The lowest BCUT2D eigenvalue weighted by atomic mass is 10.1. The van der Waals surface area contributed by atoms with Crippen LogP contribution >= 0.6 is 0 Å². The topological polar surface area (TPSA) is 47.0 Å².